The average Bonchev–Trinajstić information content (AvgIpc) is 3.00. The van der Waals surface area contributed by atoms with E-state index in [4.69, 9.17) is 9.47 Å². The lowest BCUT2D eigenvalue weighted by atomic mass is 9.89. The molecule has 110 valence electrons. The maximum atomic E-state index is 13.6. The monoisotopic (exact) mass is 279 g/mol. The van der Waals surface area contributed by atoms with Crippen molar-refractivity contribution in [2.24, 2.45) is 5.92 Å². The van der Waals surface area contributed by atoms with E-state index in [9.17, 15) is 4.39 Å². The molecule has 3 nitrogen and oxygen atoms in total. The minimum absolute atomic E-state index is 0.171. The fourth-order valence-corrected chi connectivity index (χ4v) is 3.03. The zero-order valence-corrected chi connectivity index (χ0v) is 11.7. The van der Waals surface area contributed by atoms with Gasteiger partial charge in [0.2, 0.25) is 0 Å². The van der Waals surface area contributed by atoms with Gasteiger partial charge < -0.3 is 14.8 Å². The molecule has 2 aliphatic rings. The number of benzene rings is 1. The van der Waals surface area contributed by atoms with E-state index < -0.39 is 0 Å². The first-order chi connectivity index (χ1) is 9.83. The molecule has 20 heavy (non-hydrogen) atoms. The van der Waals surface area contributed by atoms with E-state index in [-0.39, 0.29) is 5.82 Å². The number of halogens is 1. The highest BCUT2D eigenvalue weighted by Gasteiger charge is 2.21. The van der Waals surface area contributed by atoms with Crippen LogP contribution in [0, 0.1) is 11.7 Å². The number of ether oxygens (including phenoxy) is 2. The van der Waals surface area contributed by atoms with Gasteiger partial charge >= 0.3 is 0 Å². The lowest BCUT2D eigenvalue weighted by Gasteiger charge is -2.25. The van der Waals surface area contributed by atoms with Crippen LogP contribution in [0.15, 0.2) is 18.2 Å². The average molecular weight is 279 g/mol. The molecule has 1 unspecified atom stereocenters. The molecule has 0 radical (unpaired) electrons. The van der Waals surface area contributed by atoms with E-state index in [0.717, 1.165) is 56.9 Å². The van der Waals surface area contributed by atoms with Crippen molar-refractivity contribution in [3.8, 4) is 5.75 Å². The zero-order valence-electron chi connectivity index (χ0n) is 11.7. The van der Waals surface area contributed by atoms with Crippen molar-refractivity contribution in [1.82, 2.24) is 5.32 Å². The summed E-state index contributed by atoms with van der Waals surface area (Å²) in [6.45, 7) is 4.28. The van der Waals surface area contributed by atoms with Crippen LogP contribution in [0.2, 0.25) is 0 Å². The summed E-state index contributed by atoms with van der Waals surface area (Å²) in [5.41, 5.74) is 1.03. The maximum absolute atomic E-state index is 13.6. The Morgan fingerprint density at radius 1 is 1.25 bits per heavy atom. The highest BCUT2D eigenvalue weighted by molar-refractivity contribution is 5.37. The number of piperidine rings is 1. The van der Waals surface area contributed by atoms with Crippen molar-refractivity contribution < 1.29 is 13.9 Å². The van der Waals surface area contributed by atoms with Crippen LogP contribution in [0.25, 0.3) is 0 Å². The maximum Gasteiger partial charge on any atom is 0.123 e. The van der Waals surface area contributed by atoms with Gasteiger partial charge in [0.25, 0.3) is 0 Å². The Hall–Kier alpha value is -1.13. The molecule has 0 bridgehead atoms. The largest absolute Gasteiger partial charge is 0.493 e. The fraction of sp³-hybridized carbons (Fsp3) is 0.625. The summed E-state index contributed by atoms with van der Waals surface area (Å²) >= 11 is 0. The van der Waals surface area contributed by atoms with Crippen LogP contribution in [-0.4, -0.2) is 32.9 Å². The summed E-state index contributed by atoms with van der Waals surface area (Å²) in [6.07, 6.45) is 3.16. The molecule has 2 aliphatic heterocycles. The number of rotatable bonds is 4. The van der Waals surface area contributed by atoms with Gasteiger partial charge in [0, 0.05) is 18.1 Å². The highest BCUT2D eigenvalue weighted by Crippen LogP contribution is 2.33. The Bertz CT molecular complexity index is 440. The molecule has 0 spiro atoms. The summed E-state index contributed by atoms with van der Waals surface area (Å²) in [5, 5.41) is 3.34. The van der Waals surface area contributed by atoms with Crippen LogP contribution in [0.3, 0.4) is 0 Å². The SMILES string of the molecule is Fc1ccc(OCC2CCOC2)c(C2CCNCC2)c1. The summed E-state index contributed by atoms with van der Waals surface area (Å²) in [5.74, 6) is 1.56. The number of nitrogens with one attached hydrogen (secondary N) is 1. The Labute approximate surface area is 119 Å². The van der Waals surface area contributed by atoms with E-state index >= 15 is 0 Å². The smallest absolute Gasteiger partial charge is 0.123 e. The second-order valence-corrected chi connectivity index (χ2v) is 5.75. The molecule has 2 heterocycles. The molecule has 1 atom stereocenters. The van der Waals surface area contributed by atoms with Crippen molar-refractivity contribution in [3.63, 3.8) is 0 Å². The zero-order chi connectivity index (χ0) is 13.8. The molecule has 1 aromatic rings. The molecule has 1 aromatic carbocycles. The van der Waals surface area contributed by atoms with Crippen LogP contribution in [0.4, 0.5) is 4.39 Å². The van der Waals surface area contributed by atoms with Crippen molar-refractivity contribution >= 4 is 0 Å². The predicted octanol–water partition coefficient (Wildman–Crippen LogP) is 2.71. The fourth-order valence-electron chi connectivity index (χ4n) is 3.03. The third-order valence-corrected chi connectivity index (χ3v) is 4.25. The van der Waals surface area contributed by atoms with Crippen molar-refractivity contribution in [2.45, 2.75) is 25.2 Å². The van der Waals surface area contributed by atoms with E-state index in [0.29, 0.717) is 18.4 Å². The van der Waals surface area contributed by atoms with Gasteiger partial charge in [-0.05, 0) is 56.5 Å². The molecule has 0 aliphatic carbocycles. The second-order valence-electron chi connectivity index (χ2n) is 5.75. The van der Waals surface area contributed by atoms with Crippen LogP contribution in [0.5, 0.6) is 5.75 Å². The quantitative estimate of drug-likeness (QED) is 0.919. The van der Waals surface area contributed by atoms with E-state index in [1.165, 1.54) is 6.07 Å². The van der Waals surface area contributed by atoms with Crippen molar-refractivity contribution in [3.05, 3.63) is 29.6 Å². The standard InChI is InChI=1S/C16H22FNO2/c17-14-1-2-16(20-11-12-5-8-19-10-12)15(9-14)13-3-6-18-7-4-13/h1-2,9,12-13,18H,3-8,10-11H2. The Morgan fingerprint density at radius 2 is 2.10 bits per heavy atom. The molecular formula is C16H22FNO2. The van der Waals surface area contributed by atoms with Gasteiger partial charge in [-0.25, -0.2) is 4.39 Å². The van der Waals surface area contributed by atoms with Crippen LogP contribution >= 0.6 is 0 Å². The highest BCUT2D eigenvalue weighted by atomic mass is 19.1. The molecule has 0 aromatic heterocycles. The van der Waals surface area contributed by atoms with Gasteiger partial charge in [0.1, 0.15) is 11.6 Å². The van der Waals surface area contributed by atoms with Crippen LogP contribution in [0.1, 0.15) is 30.7 Å². The molecule has 1 N–H and O–H groups in total. The van der Waals surface area contributed by atoms with Gasteiger partial charge in [-0.3, -0.25) is 0 Å². The Kier molecular flexibility index (Phi) is 4.53. The topological polar surface area (TPSA) is 30.5 Å². The number of hydrogen-bond acceptors (Lipinski definition) is 3. The van der Waals surface area contributed by atoms with E-state index in [2.05, 4.69) is 5.32 Å². The van der Waals surface area contributed by atoms with Gasteiger partial charge in [0.15, 0.2) is 0 Å². The van der Waals surface area contributed by atoms with Crippen molar-refractivity contribution in [2.75, 3.05) is 32.9 Å². The molecule has 3 rings (SSSR count). The molecule has 0 amide bonds. The van der Waals surface area contributed by atoms with Gasteiger partial charge in [-0.1, -0.05) is 0 Å². The van der Waals surface area contributed by atoms with Gasteiger partial charge in [0.05, 0.1) is 13.2 Å². The summed E-state index contributed by atoms with van der Waals surface area (Å²) in [6, 6.07) is 4.92. The summed E-state index contributed by atoms with van der Waals surface area (Å²) in [4.78, 5) is 0. The first-order valence-electron chi connectivity index (χ1n) is 7.53. The predicted molar refractivity (Wildman–Crippen MR) is 75.7 cm³/mol. The van der Waals surface area contributed by atoms with Crippen LogP contribution in [-0.2, 0) is 4.74 Å². The van der Waals surface area contributed by atoms with E-state index in [1.54, 1.807) is 12.1 Å². The minimum atomic E-state index is -0.171. The lowest BCUT2D eigenvalue weighted by Crippen LogP contribution is -2.27. The lowest BCUT2D eigenvalue weighted by molar-refractivity contribution is 0.166. The third kappa shape index (κ3) is 3.30. The first kappa shape index (κ1) is 13.8. The third-order valence-electron chi connectivity index (χ3n) is 4.25. The van der Waals surface area contributed by atoms with Crippen LogP contribution < -0.4 is 10.1 Å². The second kappa shape index (κ2) is 6.55. The molecule has 2 saturated heterocycles. The molecular weight excluding hydrogens is 257 g/mol. The van der Waals surface area contributed by atoms with E-state index in [1.807, 2.05) is 0 Å². The Morgan fingerprint density at radius 3 is 2.85 bits per heavy atom. The summed E-state index contributed by atoms with van der Waals surface area (Å²) in [7, 11) is 0. The first-order valence-corrected chi connectivity index (χ1v) is 7.53. The van der Waals surface area contributed by atoms with Crippen molar-refractivity contribution in [1.29, 1.82) is 0 Å². The molecule has 2 fully saturated rings. The number of hydrogen-bond donors (Lipinski definition) is 1. The van der Waals surface area contributed by atoms with Gasteiger partial charge in [-0.15, -0.1) is 0 Å². The summed E-state index contributed by atoms with van der Waals surface area (Å²) < 4.78 is 24.9. The van der Waals surface area contributed by atoms with Gasteiger partial charge in [-0.2, -0.15) is 0 Å². The normalized spacial score (nSPS) is 23.9. The molecule has 4 heteroatoms. The minimum Gasteiger partial charge on any atom is -0.493 e. The Balaban J connectivity index is 1.71. The molecule has 0 saturated carbocycles.